The number of aromatic hydroxyl groups is 1. The largest absolute Gasteiger partial charge is 0.493 e. The molecule has 19 heavy (non-hydrogen) atoms. The smallest absolute Gasteiger partial charge is 0.410 e. The predicted octanol–water partition coefficient (Wildman–Crippen LogP) is 1.78. The molecule has 0 saturated heterocycles. The molecule has 0 bridgehead atoms. The number of aromatic nitrogens is 2. The van der Waals surface area contributed by atoms with E-state index in [4.69, 9.17) is 4.74 Å². The van der Waals surface area contributed by atoms with Gasteiger partial charge in [0, 0.05) is 12.1 Å². The number of fused-ring (bicyclic) bond motifs is 1. The van der Waals surface area contributed by atoms with E-state index in [0.717, 1.165) is 5.56 Å². The van der Waals surface area contributed by atoms with Gasteiger partial charge in [-0.1, -0.05) is 0 Å². The molecule has 0 spiro atoms. The Balaban J connectivity index is 2.16. The van der Waals surface area contributed by atoms with Gasteiger partial charge in [0.15, 0.2) is 0 Å². The van der Waals surface area contributed by atoms with Gasteiger partial charge in [-0.05, 0) is 34.1 Å². The summed E-state index contributed by atoms with van der Waals surface area (Å²) in [5.74, 6) is 0.522. The van der Waals surface area contributed by atoms with E-state index in [-0.39, 0.29) is 12.0 Å². The van der Waals surface area contributed by atoms with Gasteiger partial charge in [0.1, 0.15) is 11.4 Å². The molecule has 0 aromatic carbocycles. The molecule has 6 heteroatoms. The van der Waals surface area contributed by atoms with Crippen molar-refractivity contribution in [1.29, 1.82) is 0 Å². The third-order valence-corrected chi connectivity index (χ3v) is 2.81. The van der Waals surface area contributed by atoms with Crippen LogP contribution in [0.1, 0.15) is 37.9 Å². The van der Waals surface area contributed by atoms with Crippen molar-refractivity contribution in [1.82, 2.24) is 14.9 Å². The van der Waals surface area contributed by atoms with E-state index in [0.29, 0.717) is 31.0 Å². The molecule has 1 aromatic rings. The fourth-order valence-corrected chi connectivity index (χ4v) is 2.01. The highest BCUT2D eigenvalue weighted by Crippen LogP contribution is 2.25. The number of nitrogens with zero attached hydrogens (tertiary/aromatic N) is 3. The molecule has 1 aliphatic heterocycles. The van der Waals surface area contributed by atoms with Crippen LogP contribution in [-0.4, -0.2) is 38.2 Å². The van der Waals surface area contributed by atoms with Gasteiger partial charge >= 0.3 is 6.09 Å². The van der Waals surface area contributed by atoms with Crippen molar-refractivity contribution < 1.29 is 14.6 Å². The van der Waals surface area contributed by atoms with Gasteiger partial charge in [0.05, 0.1) is 12.2 Å². The lowest BCUT2D eigenvalue weighted by Gasteiger charge is -2.30. The average Bonchev–Trinajstić information content (AvgIpc) is 2.25. The molecule has 0 unspecified atom stereocenters. The Kier molecular flexibility index (Phi) is 3.34. The maximum Gasteiger partial charge on any atom is 0.410 e. The first-order valence-electron chi connectivity index (χ1n) is 6.29. The maximum absolute atomic E-state index is 12.0. The summed E-state index contributed by atoms with van der Waals surface area (Å²) in [6, 6.07) is 0. The zero-order chi connectivity index (χ0) is 14.2. The molecular weight excluding hydrogens is 246 g/mol. The fraction of sp³-hybridized carbons (Fsp3) is 0.615. The van der Waals surface area contributed by atoms with Crippen molar-refractivity contribution in [2.24, 2.45) is 0 Å². The highest BCUT2D eigenvalue weighted by Gasteiger charge is 2.28. The van der Waals surface area contributed by atoms with E-state index in [9.17, 15) is 9.90 Å². The lowest BCUT2D eigenvalue weighted by Crippen LogP contribution is -2.40. The van der Waals surface area contributed by atoms with E-state index in [1.165, 1.54) is 0 Å². The van der Waals surface area contributed by atoms with Gasteiger partial charge in [-0.3, -0.25) is 0 Å². The summed E-state index contributed by atoms with van der Waals surface area (Å²) in [6.07, 6.45) is 0.189. The molecule has 0 saturated carbocycles. The number of carbonyl (C=O) groups is 1. The first kappa shape index (κ1) is 13.6. The molecule has 0 atom stereocenters. The molecule has 104 valence electrons. The second-order valence-corrected chi connectivity index (χ2v) is 5.67. The Morgan fingerprint density at radius 3 is 2.68 bits per heavy atom. The standard InChI is InChI=1S/C13H19N3O3/c1-8-14-10-7-16(12(18)19-13(2,3)4)6-5-9(10)11(17)15-8/h5-7H2,1-4H3,(H,14,15,17). The number of hydrogen-bond acceptors (Lipinski definition) is 5. The molecule has 0 fully saturated rings. The van der Waals surface area contributed by atoms with Crippen LogP contribution in [0.15, 0.2) is 0 Å². The minimum absolute atomic E-state index is 0.0198. The number of amides is 1. The van der Waals surface area contributed by atoms with Gasteiger partial charge < -0.3 is 14.7 Å². The SMILES string of the molecule is Cc1nc(O)c2c(n1)CN(C(=O)OC(C)(C)C)CC2. The number of hydrogen-bond donors (Lipinski definition) is 1. The van der Waals surface area contributed by atoms with Gasteiger partial charge in [-0.2, -0.15) is 4.98 Å². The van der Waals surface area contributed by atoms with Gasteiger partial charge in [-0.25, -0.2) is 9.78 Å². The number of aryl methyl sites for hydroxylation is 1. The predicted molar refractivity (Wildman–Crippen MR) is 68.8 cm³/mol. The summed E-state index contributed by atoms with van der Waals surface area (Å²) in [5, 5.41) is 9.76. The average molecular weight is 265 g/mol. The minimum Gasteiger partial charge on any atom is -0.493 e. The van der Waals surface area contributed by atoms with Gasteiger partial charge in [0.2, 0.25) is 5.88 Å². The third-order valence-electron chi connectivity index (χ3n) is 2.81. The van der Waals surface area contributed by atoms with Crippen molar-refractivity contribution in [2.75, 3.05) is 6.54 Å². The first-order valence-corrected chi connectivity index (χ1v) is 6.29. The van der Waals surface area contributed by atoms with Crippen LogP contribution in [0.25, 0.3) is 0 Å². The zero-order valence-electron chi connectivity index (χ0n) is 11.7. The highest BCUT2D eigenvalue weighted by molar-refractivity contribution is 5.68. The van der Waals surface area contributed by atoms with Crippen LogP contribution >= 0.6 is 0 Å². The van der Waals surface area contributed by atoms with Crippen LogP contribution in [0.5, 0.6) is 5.88 Å². The van der Waals surface area contributed by atoms with Crippen LogP contribution in [0.2, 0.25) is 0 Å². The molecule has 2 heterocycles. The molecule has 0 radical (unpaired) electrons. The Bertz CT molecular complexity index is 509. The second kappa shape index (κ2) is 4.68. The summed E-state index contributed by atoms with van der Waals surface area (Å²) in [7, 11) is 0. The molecule has 1 N–H and O–H groups in total. The van der Waals surface area contributed by atoms with Gasteiger partial charge in [0.25, 0.3) is 0 Å². The normalized spacial score (nSPS) is 15.1. The number of carbonyl (C=O) groups excluding carboxylic acids is 1. The van der Waals surface area contributed by atoms with Crippen molar-refractivity contribution in [3.8, 4) is 5.88 Å². The summed E-state index contributed by atoms with van der Waals surface area (Å²) in [6.45, 7) is 8.07. The lowest BCUT2D eigenvalue weighted by atomic mass is 10.1. The van der Waals surface area contributed by atoms with E-state index in [1.54, 1.807) is 11.8 Å². The Morgan fingerprint density at radius 2 is 2.05 bits per heavy atom. The Morgan fingerprint density at radius 1 is 1.37 bits per heavy atom. The maximum atomic E-state index is 12.0. The quantitative estimate of drug-likeness (QED) is 0.774. The molecule has 1 aromatic heterocycles. The Hall–Kier alpha value is -1.85. The van der Waals surface area contributed by atoms with Crippen molar-refractivity contribution >= 4 is 6.09 Å². The molecule has 1 amide bonds. The summed E-state index contributed by atoms with van der Waals surface area (Å²) in [5.41, 5.74) is 0.911. The molecule has 2 rings (SSSR count). The van der Waals surface area contributed by atoms with Crippen LogP contribution in [0.3, 0.4) is 0 Å². The number of ether oxygens (including phenoxy) is 1. The molecule has 0 aliphatic carbocycles. The summed E-state index contributed by atoms with van der Waals surface area (Å²) in [4.78, 5) is 21.8. The minimum atomic E-state index is -0.513. The second-order valence-electron chi connectivity index (χ2n) is 5.67. The zero-order valence-corrected chi connectivity index (χ0v) is 11.7. The van der Waals surface area contributed by atoms with E-state index in [1.807, 2.05) is 20.8 Å². The van der Waals surface area contributed by atoms with Crippen LogP contribution in [0, 0.1) is 6.92 Å². The highest BCUT2D eigenvalue weighted by atomic mass is 16.6. The summed E-state index contributed by atoms with van der Waals surface area (Å²) >= 11 is 0. The van der Waals surface area contributed by atoms with E-state index in [2.05, 4.69) is 9.97 Å². The Labute approximate surface area is 112 Å². The van der Waals surface area contributed by atoms with Crippen molar-refractivity contribution in [2.45, 2.75) is 46.3 Å². The van der Waals surface area contributed by atoms with Crippen molar-refractivity contribution in [3.05, 3.63) is 17.1 Å². The molecular formula is C13H19N3O3. The topological polar surface area (TPSA) is 75.6 Å². The monoisotopic (exact) mass is 265 g/mol. The van der Waals surface area contributed by atoms with E-state index >= 15 is 0 Å². The van der Waals surface area contributed by atoms with Gasteiger partial charge in [-0.15, -0.1) is 0 Å². The van der Waals surface area contributed by atoms with Crippen molar-refractivity contribution in [3.63, 3.8) is 0 Å². The molecule has 6 nitrogen and oxygen atoms in total. The molecule has 1 aliphatic rings. The van der Waals surface area contributed by atoms with E-state index < -0.39 is 5.60 Å². The lowest BCUT2D eigenvalue weighted by molar-refractivity contribution is 0.0219. The fourth-order valence-electron chi connectivity index (χ4n) is 2.01. The third kappa shape index (κ3) is 3.13. The first-order chi connectivity index (χ1) is 8.76. The van der Waals surface area contributed by atoms with Crippen LogP contribution in [0.4, 0.5) is 4.79 Å². The van der Waals surface area contributed by atoms with Crippen LogP contribution < -0.4 is 0 Å². The summed E-state index contributed by atoms with van der Waals surface area (Å²) < 4.78 is 5.33. The number of rotatable bonds is 0. The van der Waals surface area contributed by atoms with Crippen LogP contribution in [-0.2, 0) is 17.7 Å².